The number of rotatable bonds is 7. The van der Waals surface area contributed by atoms with Crippen LogP contribution in [0.5, 0.6) is 11.5 Å². The van der Waals surface area contributed by atoms with Crippen molar-refractivity contribution in [3.63, 3.8) is 0 Å². The summed E-state index contributed by atoms with van der Waals surface area (Å²) in [6.45, 7) is 0.832. The van der Waals surface area contributed by atoms with Gasteiger partial charge in [0.25, 0.3) is 5.56 Å². The van der Waals surface area contributed by atoms with Crippen molar-refractivity contribution in [3.8, 4) is 22.8 Å². The first-order valence-corrected chi connectivity index (χ1v) is 9.32. The number of hydrogen-bond donors (Lipinski definition) is 1. The number of H-pyrrole nitrogens is 1. The van der Waals surface area contributed by atoms with Crippen LogP contribution in [0, 0.1) is 0 Å². The summed E-state index contributed by atoms with van der Waals surface area (Å²) in [5.41, 5.74) is 3.14. The quantitative estimate of drug-likeness (QED) is 0.506. The Morgan fingerprint density at radius 1 is 0.655 bits per heavy atom. The topological polar surface area (TPSA) is 64.2 Å². The van der Waals surface area contributed by atoms with Gasteiger partial charge in [-0.1, -0.05) is 66.7 Å². The lowest BCUT2D eigenvalue weighted by atomic mass is 10.1. The van der Waals surface area contributed by atoms with Gasteiger partial charge in [0, 0.05) is 6.07 Å². The average Bonchev–Trinajstić information content (AvgIpc) is 2.78. The van der Waals surface area contributed by atoms with E-state index in [4.69, 9.17) is 9.47 Å². The molecule has 144 valence electrons. The van der Waals surface area contributed by atoms with Gasteiger partial charge in [0.2, 0.25) is 0 Å². The molecule has 0 atom stereocenters. The second kappa shape index (κ2) is 8.89. The van der Waals surface area contributed by atoms with Gasteiger partial charge in [-0.05, 0) is 29.3 Å². The molecule has 1 aromatic heterocycles. The molecule has 0 bridgehead atoms. The van der Waals surface area contributed by atoms with Crippen LogP contribution in [0.2, 0.25) is 0 Å². The largest absolute Gasteiger partial charge is 0.488 e. The highest BCUT2D eigenvalue weighted by atomic mass is 16.5. The molecule has 0 fully saturated rings. The molecule has 0 spiro atoms. The highest BCUT2D eigenvalue weighted by molar-refractivity contribution is 5.73. The van der Waals surface area contributed by atoms with Crippen LogP contribution in [-0.4, -0.2) is 10.2 Å². The van der Waals surface area contributed by atoms with Crippen LogP contribution in [0.25, 0.3) is 11.3 Å². The molecular weight excluding hydrogens is 364 g/mol. The zero-order valence-corrected chi connectivity index (χ0v) is 15.7. The van der Waals surface area contributed by atoms with Crippen LogP contribution in [0.15, 0.2) is 95.8 Å². The number of aromatic nitrogens is 2. The lowest BCUT2D eigenvalue weighted by Crippen LogP contribution is -2.07. The highest BCUT2D eigenvalue weighted by Gasteiger charge is 2.15. The summed E-state index contributed by atoms with van der Waals surface area (Å²) in [4.78, 5) is 11.5. The van der Waals surface area contributed by atoms with Crippen LogP contribution in [0.3, 0.4) is 0 Å². The van der Waals surface area contributed by atoms with E-state index < -0.39 is 0 Å². The lowest BCUT2D eigenvalue weighted by molar-refractivity contribution is 0.292. The molecule has 4 aromatic rings. The Morgan fingerprint density at radius 2 is 1.21 bits per heavy atom. The average molecular weight is 384 g/mol. The van der Waals surface area contributed by atoms with Gasteiger partial charge < -0.3 is 9.47 Å². The molecule has 29 heavy (non-hydrogen) atoms. The molecule has 1 heterocycles. The molecule has 0 radical (unpaired) electrons. The summed E-state index contributed by atoms with van der Waals surface area (Å²) in [6, 6.07) is 28.6. The van der Waals surface area contributed by atoms with Gasteiger partial charge in [0.15, 0.2) is 0 Å². The third-order valence-electron chi connectivity index (χ3n) is 4.40. The second-order valence-corrected chi connectivity index (χ2v) is 6.48. The van der Waals surface area contributed by atoms with Crippen LogP contribution in [0.1, 0.15) is 11.1 Å². The van der Waals surface area contributed by atoms with Crippen molar-refractivity contribution >= 4 is 0 Å². The Morgan fingerprint density at radius 3 is 1.69 bits per heavy atom. The second-order valence-electron chi connectivity index (χ2n) is 6.48. The van der Waals surface area contributed by atoms with Gasteiger partial charge in [-0.25, -0.2) is 5.10 Å². The van der Waals surface area contributed by atoms with E-state index in [2.05, 4.69) is 10.2 Å². The Kier molecular flexibility index (Phi) is 5.67. The summed E-state index contributed by atoms with van der Waals surface area (Å²) >= 11 is 0. The zero-order valence-electron chi connectivity index (χ0n) is 15.7. The summed E-state index contributed by atoms with van der Waals surface area (Å²) in [5, 5.41) is 6.67. The van der Waals surface area contributed by atoms with Crippen LogP contribution < -0.4 is 15.0 Å². The summed E-state index contributed by atoms with van der Waals surface area (Å²) < 4.78 is 12.2. The van der Waals surface area contributed by atoms with Crippen molar-refractivity contribution in [2.75, 3.05) is 0 Å². The van der Waals surface area contributed by atoms with Gasteiger partial charge in [-0.3, -0.25) is 4.79 Å². The fraction of sp³-hybridized carbons (Fsp3) is 0.0833. The fourth-order valence-corrected chi connectivity index (χ4v) is 2.96. The van der Waals surface area contributed by atoms with E-state index in [1.54, 1.807) is 6.07 Å². The summed E-state index contributed by atoms with van der Waals surface area (Å²) in [6.07, 6.45) is 0. The molecule has 4 rings (SSSR count). The molecule has 0 aliphatic carbocycles. The van der Waals surface area contributed by atoms with Gasteiger partial charge in [0.05, 0.1) is 11.3 Å². The minimum Gasteiger partial charge on any atom is -0.488 e. The molecule has 0 aliphatic rings. The maximum atomic E-state index is 11.5. The first-order valence-electron chi connectivity index (χ1n) is 9.32. The van der Waals surface area contributed by atoms with E-state index in [0.717, 1.165) is 11.1 Å². The number of hydrogen-bond acceptors (Lipinski definition) is 4. The van der Waals surface area contributed by atoms with Crippen LogP contribution in [0.4, 0.5) is 0 Å². The molecular formula is C24H20N2O3. The molecule has 3 aromatic carbocycles. The van der Waals surface area contributed by atoms with Crippen LogP contribution in [-0.2, 0) is 13.2 Å². The van der Waals surface area contributed by atoms with Gasteiger partial charge in [-0.15, -0.1) is 0 Å². The Hall–Kier alpha value is -3.86. The summed E-state index contributed by atoms with van der Waals surface area (Å²) in [7, 11) is 0. The SMILES string of the molecule is O=c1ccc(-c2c(OCc3ccccc3)cccc2OCc2ccccc2)n[nH]1. The van der Waals surface area contributed by atoms with E-state index in [-0.39, 0.29) is 5.56 Å². The first-order chi connectivity index (χ1) is 14.3. The fourth-order valence-electron chi connectivity index (χ4n) is 2.96. The predicted molar refractivity (Wildman–Crippen MR) is 112 cm³/mol. The third-order valence-corrected chi connectivity index (χ3v) is 4.40. The Labute approximate surface area is 168 Å². The van der Waals surface area contributed by atoms with E-state index >= 15 is 0 Å². The van der Waals surface area contributed by atoms with Crippen LogP contribution >= 0.6 is 0 Å². The predicted octanol–water partition coefficient (Wildman–Crippen LogP) is 4.59. The number of ether oxygens (including phenoxy) is 2. The zero-order chi connectivity index (χ0) is 19.9. The van der Waals surface area contributed by atoms with Crippen molar-refractivity contribution < 1.29 is 9.47 Å². The number of aromatic amines is 1. The first kappa shape index (κ1) is 18.5. The van der Waals surface area contributed by atoms with Crippen molar-refractivity contribution in [1.82, 2.24) is 10.2 Å². The summed E-state index contributed by atoms with van der Waals surface area (Å²) in [5.74, 6) is 1.28. The molecule has 0 aliphatic heterocycles. The van der Waals surface area contributed by atoms with Gasteiger partial charge in [0.1, 0.15) is 24.7 Å². The van der Waals surface area contributed by atoms with Crippen molar-refractivity contribution in [3.05, 3.63) is 112 Å². The molecule has 1 N–H and O–H groups in total. The monoisotopic (exact) mass is 384 g/mol. The molecule has 5 nitrogen and oxygen atoms in total. The maximum Gasteiger partial charge on any atom is 0.264 e. The Bertz CT molecular complexity index is 1040. The van der Waals surface area contributed by atoms with Gasteiger partial charge >= 0.3 is 0 Å². The molecule has 0 unspecified atom stereocenters. The number of nitrogens with one attached hydrogen (secondary N) is 1. The normalized spacial score (nSPS) is 10.5. The van der Waals surface area contributed by atoms with E-state index in [9.17, 15) is 4.79 Å². The number of benzene rings is 3. The smallest absolute Gasteiger partial charge is 0.264 e. The van der Waals surface area contributed by atoms with Crippen molar-refractivity contribution in [2.24, 2.45) is 0 Å². The minimum absolute atomic E-state index is 0.261. The standard InChI is InChI=1S/C24H20N2O3/c27-23-15-14-20(25-26-23)24-21(28-16-18-8-3-1-4-9-18)12-7-13-22(24)29-17-19-10-5-2-6-11-19/h1-15H,16-17H2,(H,26,27). The van der Waals surface area contributed by atoms with E-state index in [1.807, 2.05) is 78.9 Å². The molecule has 0 saturated heterocycles. The minimum atomic E-state index is -0.261. The lowest BCUT2D eigenvalue weighted by Gasteiger charge is -2.16. The molecule has 5 heteroatoms. The maximum absolute atomic E-state index is 11.5. The number of nitrogens with zero attached hydrogens (tertiary/aromatic N) is 1. The van der Waals surface area contributed by atoms with Crippen molar-refractivity contribution in [1.29, 1.82) is 0 Å². The van der Waals surface area contributed by atoms with Crippen molar-refractivity contribution in [2.45, 2.75) is 13.2 Å². The highest BCUT2D eigenvalue weighted by Crippen LogP contribution is 2.37. The molecule has 0 amide bonds. The van der Waals surface area contributed by atoms with E-state index in [1.165, 1.54) is 6.07 Å². The Balaban J connectivity index is 1.66. The molecule has 0 saturated carbocycles. The van der Waals surface area contributed by atoms with Gasteiger partial charge in [-0.2, -0.15) is 5.10 Å². The third kappa shape index (κ3) is 4.71. The van der Waals surface area contributed by atoms with E-state index in [0.29, 0.717) is 36.0 Å².